The minimum atomic E-state index is 0.339. The van der Waals surface area contributed by atoms with E-state index < -0.39 is 0 Å². The molecule has 96 valence electrons. The molecule has 0 spiro atoms. The van der Waals surface area contributed by atoms with Crippen LogP contribution in [0.15, 0.2) is 0 Å². The molecule has 1 aliphatic rings. The van der Waals surface area contributed by atoms with Crippen molar-refractivity contribution in [3.8, 4) is 0 Å². The van der Waals surface area contributed by atoms with E-state index in [0.29, 0.717) is 18.0 Å². The van der Waals surface area contributed by atoms with Crippen LogP contribution in [0.5, 0.6) is 0 Å². The van der Waals surface area contributed by atoms with E-state index >= 15 is 0 Å². The normalized spacial score (nSPS) is 35.6. The highest BCUT2D eigenvalue weighted by Gasteiger charge is 2.33. The van der Waals surface area contributed by atoms with Gasteiger partial charge in [0.1, 0.15) is 0 Å². The van der Waals surface area contributed by atoms with Gasteiger partial charge in [-0.3, -0.25) is 0 Å². The number of hydrogen-bond donors (Lipinski definition) is 1. The van der Waals surface area contributed by atoms with Crippen LogP contribution in [0.25, 0.3) is 0 Å². The van der Waals surface area contributed by atoms with Crippen LogP contribution in [0.4, 0.5) is 0 Å². The molecule has 0 aromatic carbocycles. The summed E-state index contributed by atoms with van der Waals surface area (Å²) in [6, 6.07) is 0.888. The lowest BCUT2D eigenvalue weighted by molar-refractivity contribution is 0.0864. The smallest absolute Gasteiger partial charge is 0.0474 e. The number of hydrogen-bond acceptors (Lipinski definition) is 3. The molecule has 4 unspecified atom stereocenters. The summed E-state index contributed by atoms with van der Waals surface area (Å²) >= 11 is 0. The van der Waals surface area contributed by atoms with Crippen molar-refractivity contribution in [2.45, 2.75) is 45.2 Å². The number of nitrogens with zero attached hydrogens (tertiary/aromatic N) is 1. The molecule has 0 saturated heterocycles. The van der Waals surface area contributed by atoms with Gasteiger partial charge in [0.25, 0.3) is 0 Å². The van der Waals surface area contributed by atoms with Crippen molar-refractivity contribution in [3.05, 3.63) is 0 Å². The number of nitrogens with two attached hydrogens (primary N) is 1. The molecule has 0 aromatic rings. The summed E-state index contributed by atoms with van der Waals surface area (Å²) in [6.07, 6.45) is 3.58. The SMILES string of the molecule is COCCCN(C)C1C(C)CC(C)CC1N. The van der Waals surface area contributed by atoms with Crippen LogP contribution in [0, 0.1) is 11.8 Å². The first-order valence-electron chi connectivity index (χ1n) is 6.51. The summed E-state index contributed by atoms with van der Waals surface area (Å²) in [7, 11) is 3.96. The van der Waals surface area contributed by atoms with Crippen LogP contribution in [0.1, 0.15) is 33.1 Å². The summed E-state index contributed by atoms with van der Waals surface area (Å²) in [5.41, 5.74) is 6.29. The molecular formula is C13H28N2O. The van der Waals surface area contributed by atoms with Gasteiger partial charge < -0.3 is 15.4 Å². The maximum Gasteiger partial charge on any atom is 0.0474 e. The fraction of sp³-hybridized carbons (Fsp3) is 1.00. The van der Waals surface area contributed by atoms with Gasteiger partial charge in [-0.25, -0.2) is 0 Å². The maximum atomic E-state index is 6.29. The van der Waals surface area contributed by atoms with Gasteiger partial charge in [0.05, 0.1) is 0 Å². The first-order chi connectivity index (χ1) is 7.56. The number of ether oxygens (including phenoxy) is 1. The molecule has 4 atom stereocenters. The van der Waals surface area contributed by atoms with Crippen molar-refractivity contribution < 1.29 is 4.74 Å². The summed E-state index contributed by atoms with van der Waals surface area (Å²) in [5, 5.41) is 0. The number of rotatable bonds is 5. The highest BCUT2D eigenvalue weighted by molar-refractivity contribution is 4.91. The van der Waals surface area contributed by atoms with Crippen LogP contribution in [-0.2, 0) is 4.74 Å². The Morgan fingerprint density at radius 1 is 1.31 bits per heavy atom. The van der Waals surface area contributed by atoms with Gasteiger partial charge in [-0.1, -0.05) is 13.8 Å². The van der Waals surface area contributed by atoms with Crippen LogP contribution in [0.3, 0.4) is 0 Å². The highest BCUT2D eigenvalue weighted by atomic mass is 16.5. The Balaban J connectivity index is 2.43. The zero-order valence-corrected chi connectivity index (χ0v) is 11.3. The maximum absolute atomic E-state index is 6.29. The molecule has 1 saturated carbocycles. The third-order valence-electron chi connectivity index (χ3n) is 3.84. The van der Waals surface area contributed by atoms with Gasteiger partial charge in [-0.2, -0.15) is 0 Å². The average molecular weight is 228 g/mol. The fourth-order valence-corrected chi connectivity index (χ4v) is 3.27. The molecule has 0 bridgehead atoms. The molecule has 16 heavy (non-hydrogen) atoms. The molecule has 1 fully saturated rings. The Labute approximate surface area is 100 Å². The molecule has 0 aromatic heterocycles. The second kappa shape index (κ2) is 6.58. The fourth-order valence-electron chi connectivity index (χ4n) is 3.27. The van der Waals surface area contributed by atoms with Gasteiger partial charge in [0.2, 0.25) is 0 Å². The van der Waals surface area contributed by atoms with Crippen molar-refractivity contribution in [2.24, 2.45) is 17.6 Å². The predicted molar refractivity (Wildman–Crippen MR) is 68.4 cm³/mol. The Morgan fingerprint density at radius 3 is 2.56 bits per heavy atom. The Bertz CT molecular complexity index is 186. The van der Waals surface area contributed by atoms with Crippen LogP contribution < -0.4 is 5.73 Å². The van der Waals surface area contributed by atoms with E-state index in [0.717, 1.165) is 25.5 Å². The number of methoxy groups -OCH3 is 1. The van der Waals surface area contributed by atoms with Crippen LogP contribution >= 0.6 is 0 Å². The average Bonchev–Trinajstić information content (AvgIpc) is 2.16. The third-order valence-corrected chi connectivity index (χ3v) is 3.84. The Morgan fingerprint density at radius 2 is 2.00 bits per heavy atom. The molecule has 3 nitrogen and oxygen atoms in total. The molecule has 0 heterocycles. The quantitative estimate of drug-likeness (QED) is 0.728. The van der Waals surface area contributed by atoms with Crippen molar-refractivity contribution in [1.82, 2.24) is 4.90 Å². The van der Waals surface area contributed by atoms with Crippen LogP contribution in [0.2, 0.25) is 0 Å². The predicted octanol–water partition coefficient (Wildman–Crippen LogP) is 1.72. The zero-order valence-electron chi connectivity index (χ0n) is 11.3. The van der Waals surface area contributed by atoms with Crippen molar-refractivity contribution in [1.29, 1.82) is 0 Å². The minimum absolute atomic E-state index is 0.339. The first kappa shape index (κ1) is 13.9. The topological polar surface area (TPSA) is 38.5 Å². The summed E-state index contributed by atoms with van der Waals surface area (Å²) < 4.78 is 5.09. The van der Waals surface area contributed by atoms with Gasteiger partial charge in [-0.05, 0) is 38.1 Å². The molecule has 0 amide bonds. The number of likely N-dealkylation sites (N-methyl/N-ethyl adjacent to an activating group) is 1. The van der Waals surface area contributed by atoms with E-state index in [4.69, 9.17) is 10.5 Å². The van der Waals surface area contributed by atoms with Gasteiger partial charge in [-0.15, -0.1) is 0 Å². The van der Waals surface area contributed by atoms with E-state index in [-0.39, 0.29) is 0 Å². The van der Waals surface area contributed by atoms with Crippen LogP contribution in [-0.4, -0.2) is 44.3 Å². The van der Waals surface area contributed by atoms with E-state index in [1.165, 1.54) is 12.8 Å². The van der Waals surface area contributed by atoms with E-state index in [1.54, 1.807) is 7.11 Å². The van der Waals surface area contributed by atoms with E-state index in [2.05, 4.69) is 25.8 Å². The Kier molecular flexibility index (Phi) is 5.73. The lowest BCUT2D eigenvalue weighted by Gasteiger charge is -2.43. The lowest BCUT2D eigenvalue weighted by Crippen LogP contribution is -2.53. The summed E-state index contributed by atoms with van der Waals surface area (Å²) in [6.45, 7) is 6.59. The summed E-state index contributed by atoms with van der Waals surface area (Å²) in [5.74, 6) is 1.50. The van der Waals surface area contributed by atoms with E-state index in [1.807, 2.05) is 0 Å². The molecule has 2 N–H and O–H groups in total. The molecule has 3 heteroatoms. The Hall–Kier alpha value is -0.120. The summed E-state index contributed by atoms with van der Waals surface area (Å²) in [4.78, 5) is 2.43. The zero-order chi connectivity index (χ0) is 12.1. The third kappa shape index (κ3) is 3.72. The standard InChI is InChI=1S/C13H28N2O/c1-10-8-11(2)13(12(14)9-10)15(3)6-5-7-16-4/h10-13H,5-9,14H2,1-4H3. The van der Waals surface area contributed by atoms with Crippen molar-refractivity contribution in [3.63, 3.8) is 0 Å². The highest BCUT2D eigenvalue weighted by Crippen LogP contribution is 2.30. The molecule has 0 aliphatic heterocycles. The lowest BCUT2D eigenvalue weighted by atomic mass is 9.76. The van der Waals surface area contributed by atoms with Gasteiger partial charge in [0.15, 0.2) is 0 Å². The second-order valence-corrected chi connectivity index (χ2v) is 5.54. The van der Waals surface area contributed by atoms with E-state index in [9.17, 15) is 0 Å². The molecule has 0 radical (unpaired) electrons. The monoisotopic (exact) mass is 228 g/mol. The molecular weight excluding hydrogens is 200 g/mol. The van der Waals surface area contributed by atoms with Gasteiger partial charge >= 0.3 is 0 Å². The first-order valence-corrected chi connectivity index (χ1v) is 6.51. The minimum Gasteiger partial charge on any atom is -0.385 e. The largest absolute Gasteiger partial charge is 0.385 e. The molecule has 1 rings (SSSR count). The van der Waals surface area contributed by atoms with Gasteiger partial charge in [0, 0.05) is 32.3 Å². The van der Waals surface area contributed by atoms with Crippen molar-refractivity contribution in [2.75, 3.05) is 27.3 Å². The molecule has 1 aliphatic carbocycles. The van der Waals surface area contributed by atoms with Crippen molar-refractivity contribution >= 4 is 0 Å². The second-order valence-electron chi connectivity index (χ2n) is 5.54.